The Labute approximate surface area is 146 Å². The maximum atomic E-state index is 12.4. The molecular formula is C19H20N4O2. The molecule has 0 bridgehead atoms. The quantitative estimate of drug-likeness (QED) is 0.735. The van der Waals surface area contributed by atoms with Crippen LogP contribution in [0.15, 0.2) is 48.9 Å². The zero-order valence-electron chi connectivity index (χ0n) is 14.7. The minimum absolute atomic E-state index is 0.0217. The average molecular weight is 336 g/mol. The van der Waals surface area contributed by atoms with E-state index in [-0.39, 0.29) is 5.91 Å². The fourth-order valence-corrected chi connectivity index (χ4v) is 2.73. The summed E-state index contributed by atoms with van der Waals surface area (Å²) in [5.74, 6) is 1.27. The van der Waals surface area contributed by atoms with Crippen LogP contribution < -0.4 is 4.74 Å². The zero-order chi connectivity index (χ0) is 18.0. The molecule has 128 valence electrons. The van der Waals surface area contributed by atoms with Crippen molar-refractivity contribution in [2.75, 3.05) is 21.2 Å². The van der Waals surface area contributed by atoms with Crippen molar-refractivity contribution in [2.24, 2.45) is 0 Å². The minimum Gasteiger partial charge on any atom is -0.481 e. The normalized spacial score (nSPS) is 10.6. The highest BCUT2D eigenvalue weighted by Gasteiger charge is 2.16. The average Bonchev–Trinajstić information content (AvgIpc) is 3.10. The smallest absolute Gasteiger partial charge is 0.253 e. The number of carbonyl (C=O) groups is 1. The molecule has 2 heterocycles. The number of imidazole rings is 1. The van der Waals surface area contributed by atoms with Crippen LogP contribution in [0.1, 0.15) is 15.9 Å². The van der Waals surface area contributed by atoms with Gasteiger partial charge in [-0.3, -0.25) is 9.36 Å². The molecule has 1 amide bonds. The van der Waals surface area contributed by atoms with Crippen molar-refractivity contribution in [1.29, 1.82) is 0 Å². The molecule has 6 heteroatoms. The third-order valence-electron chi connectivity index (χ3n) is 4.04. The first kappa shape index (κ1) is 16.7. The monoisotopic (exact) mass is 336 g/mol. The molecular weight excluding hydrogens is 316 g/mol. The number of methoxy groups -OCH3 is 1. The van der Waals surface area contributed by atoms with Gasteiger partial charge in [0.1, 0.15) is 5.82 Å². The van der Waals surface area contributed by atoms with Gasteiger partial charge in [-0.2, -0.15) is 0 Å². The summed E-state index contributed by atoms with van der Waals surface area (Å²) < 4.78 is 7.17. The van der Waals surface area contributed by atoms with E-state index in [2.05, 4.69) is 9.97 Å². The number of rotatable bonds is 4. The van der Waals surface area contributed by atoms with Crippen molar-refractivity contribution in [2.45, 2.75) is 6.92 Å². The molecule has 0 saturated carbocycles. The standard InChI is InChI=1S/C19H20N4O2/c1-13-15(19(24)22(2)3)6-5-7-16(13)23-11-10-21-18(23)14-8-9-20-17(12-14)25-4/h5-12H,1-4H3. The molecule has 0 unspecified atom stereocenters. The zero-order valence-corrected chi connectivity index (χ0v) is 14.7. The first-order valence-corrected chi connectivity index (χ1v) is 7.88. The molecule has 6 nitrogen and oxygen atoms in total. The van der Waals surface area contributed by atoms with Crippen molar-refractivity contribution >= 4 is 5.91 Å². The Morgan fingerprint density at radius 3 is 2.68 bits per heavy atom. The Morgan fingerprint density at radius 1 is 1.16 bits per heavy atom. The lowest BCUT2D eigenvalue weighted by atomic mass is 10.1. The molecule has 3 rings (SSSR count). The van der Waals surface area contributed by atoms with E-state index in [0.29, 0.717) is 11.4 Å². The Kier molecular flexibility index (Phi) is 4.52. The van der Waals surface area contributed by atoms with Crippen LogP contribution >= 0.6 is 0 Å². The van der Waals surface area contributed by atoms with E-state index in [0.717, 1.165) is 22.6 Å². The van der Waals surface area contributed by atoms with Gasteiger partial charge in [0, 0.05) is 49.9 Å². The van der Waals surface area contributed by atoms with Gasteiger partial charge in [0.25, 0.3) is 5.91 Å². The summed E-state index contributed by atoms with van der Waals surface area (Å²) in [7, 11) is 5.08. The Morgan fingerprint density at radius 2 is 1.96 bits per heavy atom. The van der Waals surface area contributed by atoms with Crippen molar-refractivity contribution in [3.05, 3.63) is 60.0 Å². The highest BCUT2D eigenvalue weighted by molar-refractivity contribution is 5.96. The van der Waals surface area contributed by atoms with E-state index in [1.54, 1.807) is 38.5 Å². The Hall–Kier alpha value is -3.15. The van der Waals surface area contributed by atoms with E-state index in [1.807, 2.05) is 48.0 Å². The van der Waals surface area contributed by atoms with Crippen LogP contribution in [0.25, 0.3) is 17.1 Å². The molecule has 0 aliphatic heterocycles. The minimum atomic E-state index is -0.0217. The Bertz CT molecular complexity index is 915. The predicted octanol–water partition coefficient (Wildman–Crippen LogP) is 2.95. The molecule has 0 atom stereocenters. The van der Waals surface area contributed by atoms with Gasteiger partial charge in [0.05, 0.1) is 12.8 Å². The van der Waals surface area contributed by atoms with E-state index in [4.69, 9.17) is 4.74 Å². The van der Waals surface area contributed by atoms with E-state index in [9.17, 15) is 4.79 Å². The van der Waals surface area contributed by atoms with Gasteiger partial charge in [-0.05, 0) is 30.7 Å². The summed E-state index contributed by atoms with van der Waals surface area (Å²) in [6.45, 7) is 1.95. The molecule has 0 N–H and O–H groups in total. The molecule has 0 radical (unpaired) electrons. The maximum Gasteiger partial charge on any atom is 0.253 e. The van der Waals surface area contributed by atoms with Crippen LogP contribution in [0.3, 0.4) is 0 Å². The fourth-order valence-electron chi connectivity index (χ4n) is 2.73. The van der Waals surface area contributed by atoms with E-state index < -0.39 is 0 Å². The third kappa shape index (κ3) is 3.10. The lowest BCUT2D eigenvalue weighted by molar-refractivity contribution is 0.0827. The number of pyridine rings is 1. The van der Waals surface area contributed by atoms with Gasteiger partial charge >= 0.3 is 0 Å². The van der Waals surface area contributed by atoms with Gasteiger partial charge in [-0.15, -0.1) is 0 Å². The Balaban J connectivity index is 2.12. The lowest BCUT2D eigenvalue weighted by Crippen LogP contribution is -2.23. The second-order valence-electron chi connectivity index (χ2n) is 5.86. The maximum absolute atomic E-state index is 12.4. The van der Waals surface area contributed by atoms with E-state index >= 15 is 0 Å². The molecule has 0 fully saturated rings. The molecule has 0 saturated heterocycles. The number of carbonyl (C=O) groups excluding carboxylic acids is 1. The van der Waals surface area contributed by atoms with Crippen LogP contribution in [0.2, 0.25) is 0 Å². The molecule has 0 aliphatic carbocycles. The molecule has 25 heavy (non-hydrogen) atoms. The molecule has 3 aromatic rings. The van der Waals surface area contributed by atoms with Crippen LogP contribution in [0, 0.1) is 6.92 Å². The fraction of sp³-hybridized carbons (Fsp3) is 0.211. The van der Waals surface area contributed by atoms with Gasteiger partial charge in [0.15, 0.2) is 0 Å². The summed E-state index contributed by atoms with van der Waals surface area (Å²) in [6.07, 6.45) is 5.31. The third-order valence-corrected chi connectivity index (χ3v) is 4.04. The summed E-state index contributed by atoms with van der Waals surface area (Å²) >= 11 is 0. The first-order chi connectivity index (χ1) is 12.0. The van der Waals surface area contributed by atoms with Crippen LogP contribution in [-0.2, 0) is 0 Å². The summed E-state index contributed by atoms with van der Waals surface area (Å²) in [5, 5.41) is 0. The van der Waals surface area contributed by atoms with Crippen LogP contribution in [-0.4, -0.2) is 46.5 Å². The van der Waals surface area contributed by atoms with Crippen molar-refractivity contribution in [3.63, 3.8) is 0 Å². The van der Waals surface area contributed by atoms with E-state index in [1.165, 1.54) is 0 Å². The van der Waals surface area contributed by atoms with Gasteiger partial charge < -0.3 is 9.64 Å². The summed E-state index contributed by atoms with van der Waals surface area (Å²) in [4.78, 5) is 22.6. The lowest BCUT2D eigenvalue weighted by Gasteiger charge is -2.16. The first-order valence-electron chi connectivity index (χ1n) is 7.88. The van der Waals surface area contributed by atoms with Gasteiger partial charge in [-0.1, -0.05) is 6.07 Å². The number of hydrogen-bond acceptors (Lipinski definition) is 4. The molecule has 1 aromatic carbocycles. The van der Waals surface area contributed by atoms with Crippen LogP contribution in [0.5, 0.6) is 5.88 Å². The second kappa shape index (κ2) is 6.76. The number of aromatic nitrogens is 3. The predicted molar refractivity (Wildman–Crippen MR) is 96.1 cm³/mol. The van der Waals surface area contributed by atoms with Crippen molar-refractivity contribution < 1.29 is 9.53 Å². The molecule has 2 aromatic heterocycles. The second-order valence-corrected chi connectivity index (χ2v) is 5.86. The molecule has 0 aliphatic rings. The summed E-state index contributed by atoms with van der Waals surface area (Å²) in [5.41, 5.74) is 3.38. The number of benzene rings is 1. The SMILES string of the molecule is COc1cc(-c2nccn2-c2cccc(C(=O)N(C)C)c2C)ccn1. The van der Waals surface area contributed by atoms with Crippen molar-refractivity contribution in [1.82, 2.24) is 19.4 Å². The number of amides is 1. The largest absolute Gasteiger partial charge is 0.481 e. The molecule has 0 spiro atoms. The van der Waals surface area contributed by atoms with Crippen molar-refractivity contribution in [3.8, 4) is 23.0 Å². The van der Waals surface area contributed by atoms with Gasteiger partial charge in [-0.25, -0.2) is 9.97 Å². The van der Waals surface area contributed by atoms with Gasteiger partial charge in [0.2, 0.25) is 5.88 Å². The summed E-state index contributed by atoms with van der Waals surface area (Å²) in [6, 6.07) is 9.42. The highest BCUT2D eigenvalue weighted by Crippen LogP contribution is 2.26. The topological polar surface area (TPSA) is 60.3 Å². The highest BCUT2D eigenvalue weighted by atomic mass is 16.5. The number of hydrogen-bond donors (Lipinski definition) is 0. The number of ether oxygens (including phenoxy) is 1. The van der Waals surface area contributed by atoms with Crippen LogP contribution in [0.4, 0.5) is 0 Å². The number of nitrogens with zero attached hydrogens (tertiary/aromatic N) is 4.